The molecule has 4 aromatic rings. The zero-order valence-corrected chi connectivity index (χ0v) is 22.9. The topological polar surface area (TPSA) is 260 Å². The number of aromatic amines is 2. The van der Waals surface area contributed by atoms with E-state index in [-0.39, 0.29) is 28.3 Å². The van der Waals surface area contributed by atoms with E-state index in [9.17, 15) is 24.4 Å². The number of rotatable bonds is 8. The van der Waals surface area contributed by atoms with Gasteiger partial charge in [0, 0.05) is 0 Å². The molecule has 19 nitrogen and oxygen atoms in total. The fourth-order valence-corrected chi connectivity index (χ4v) is 6.41. The van der Waals surface area contributed by atoms with Crippen LogP contribution in [0.1, 0.15) is 6.23 Å². The molecule has 1 unspecified atom stereocenters. The quantitative estimate of drug-likeness (QED) is 0.0942. The van der Waals surface area contributed by atoms with Gasteiger partial charge in [0.15, 0.2) is 34.6 Å². The summed E-state index contributed by atoms with van der Waals surface area (Å²) >= 11 is 3.85. The molecule has 6 rings (SSSR count). The van der Waals surface area contributed by atoms with Gasteiger partial charge in [0.1, 0.15) is 12.2 Å². The van der Waals surface area contributed by atoms with Crippen LogP contribution in [0.5, 0.6) is 0 Å². The number of aromatic nitrogens is 9. The van der Waals surface area contributed by atoms with Gasteiger partial charge in [-0.3, -0.25) is 28.2 Å². The Balaban J connectivity index is 1.27. The van der Waals surface area contributed by atoms with Crippen molar-refractivity contribution in [3.05, 3.63) is 33.4 Å². The first-order chi connectivity index (χ1) is 20.3. The molecule has 24 heteroatoms. The van der Waals surface area contributed by atoms with Gasteiger partial charge in [-0.1, -0.05) is 17.5 Å². The highest BCUT2D eigenvalue weighted by molar-refractivity contribution is 8.44. The number of ether oxygens (including phenoxy) is 2. The van der Waals surface area contributed by atoms with Gasteiger partial charge in [0.2, 0.25) is 17.9 Å². The smallest absolute Gasteiger partial charge is 0.388 e. The Kier molecular flexibility index (Phi) is 7.12. The Morgan fingerprint density at radius 2 is 2.00 bits per heavy atom. The number of fused-ring (bicyclic) bond motifs is 2. The number of nitrogens with two attached hydrogens (primary N) is 1. The number of anilines is 1. The van der Waals surface area contributed by atoms with Crippen molar-refractivity contribution in [1.82, 2.24) is 44.5 Å². The average Bonchev–Trinajstić information content (AvgIpc) is 3.69. The maximum atomic E-state index is 15.8. The first-order valence-corrected chi connectivity index (χ1v) is 14.8. The monoisotopic (exact) mass is 652 g/mol. The van der Waals surface area contributed by atoms with Gasteiger partial charge >= 0.3 is 12.7 Å². The van der Waals surface area contributed by atoms with E-state index in [0.717, 1.165) is 17.2 Å². The predicted molar refractivity (Wildman–Crippen MR) is 137 cm³/mol. The Labute approximate surface area is 239 Å². The summed E-state index contributed by atoms with van der Waals surface area (Å²) in [6.45, 7) is -7.42. The Bertz CT molecular complexity index is 1870. The molecule has 0 radical (unpaired) electrons. The Morgan fingerprint density at radius 1 is 1.23 bits per heavy atom. The summed E-state index contributed by atoms with van der Waals surface area (Å²) in [6.07, 6.45) is -8.73. The SMILES string of the molecule is Nc1nc2c(ncn2[C@]2(OP(=O)(S)OC[C@H]3O[C@@H](n4nnc5c(=O)[nH]cnc54)C(F)(F)[C@@H]3O)CO[C@H](CO)[C@H]2F)c(=O)[nH]1. The molecule has 6 N–H and O–H groups in total. The maximum Gasteiger partial charge on any atom is 0.388 e. The molecule has 7 atom stereocenters. The number of hydrogen-bond donors (Lipinski definition) is 6. The second kappa shape index (κ2) is 10.3. The predicted octanol–water partition coefficient (Wildman–Crippen LogP) is -1.42. The number of nitrogens with zero attached hydrogens (tertiary/aromatic N) is 7. The highest BCUT2D eigenvalue weighted by Gasteiger charge is 2.61. The first-order valence-electron chi connectivity index (χ1n) is 12.1. The summed E-state index contributed by atoms with van der Waals surface area (Å²) < 4.78 is 81.9. The van der Waals surface area contributed by atoms with Crippen molar-refractivity contribution in [2.75, 3.05) is 25.6 Å². The summed E-state index contributed by atoms with van der Waals surface area (Å²) in [6, 6.07) is 0. The van der Waals surface area contributed by atoms with E-state index in [0.29, 0.717) is 4.68 Å². The van der Waals surface area contributed by atoms with Crippen molar-refractivity contribution in [2.45, 2.75) is 42.4 Å². The molecule has 0 amide bonds. The number of imidazole rings is 1. The number of nitrogens with one attached hydrogen (secondary N) is 2. The third kappa shape index (κ3) is 4.71. The highest BCUT2D eigenvalue weighted by atomic mass is 32.7. The number of halogens is 3. The summed E-state index contributed by atoms with van der Waals surface area (Å²) in [5.74, 6) is -4.43. The minimum absolute atomic E-state index is 0.306. The first kappa shape index (κ1) is 29.6. The van der Waals surface area contributed by atoms with Crippen molar-refractivity contribution < 1.29 is 46.5 Å². The highest BCUT2D eigenvalue weighted by Crippen LogP contribution is 2.60. The van der Waals surface area contributed by atoms with Crippen LogP contribution in [0.15, 0.2) is 22.2 Å². The minimum atomic E-state index is -4.80. The van der Waals surface area contributed by atoms with Gasteiger partial charge in [-0.15, -0.1) is 5.10 Å². The summed E-state index contributed by atoms with van der Waals surface area (Å²) in [5, 5.41) is 26.9. The number of hydrogen-bond acceptors (Lipinski definition) is 15. The van der Waals surface area contributed by atoms with E-state index in [4.69, 9.17) is 24.3 Å². The lowest BCUT2D eigenvalue weighted by atomic mass is 10.1. The lowest BCUT2D eigenvalue weighted by Gasteiger charge is -2.33. The van der Waals surface area contributed by atoms with Crippen LogP contribution in [-0.4, -0.2) is 105 Å². The lowest BCUT2D eigenvalue weighted by Crippen LogP contribution is -2.46. The minimum Gasteiger partial charge on any atom is -0.394 e. The molecule has 0 aromatic carbocycles. The fourth-order valence-electron chi connectivity index (χ4n) is 4.76. The average molecular weight is 652 g/mol. The van der Waals surface area contributed by atoms with E-state index >= 15 is 13.2 Å². The van der Waals surface area contributed by atoms with E-state index < -0.39 is 80.1 Å². The third-order valence-corrected chi connectivity index (χ3v) is 8.43. The molecule has 0 saturated carbocycles. The third-order valence-electron chi connectivity index (χ3n) is 6.82. The van der Waals surface area contributed by atoms with Crippen molar-refractivity contribution in [3.8, 4) is 0 Å². The van der Waals surface area contributed by atoms with Crippen molar-refractivity contribution in [3.63, 3.8) is 0 Å². The van der Waals surface area contributed by atoms with Gasteiger partial charge in [0.25, 0.3) is 11.1 Å². The van der Waals surface area contributed by atoms with Crippen LogP contribution < -0.4 is 16.9 Å². The number of nitrogen functional groups attached to an aromatic ring is 1. The van der Waals surface area contributed by atoms with Crippen LogP contribution in [0.4, 0.5) is 19.1 Å². The van der Waals surface area contributed by atoms with Crippen molar-refractivity contribution in [2.24, 2.45) is 0 Å². The van der Waals surface area contributed by atoms with E-state index in [1.165, 1.54) is 0 Å². The molecule has 2 saturated heterocycles. The standard InChI is InChI=1S/C19H20F3N10O9PS/c20-10-6(1-33)38-3-18(10,31-5-26-8-13(31)27-17(23)28-15(8)36)41-42(37,43)39-2-7-11(34)19(21,22)16(40-7)32-12-9(29-30-32)14(35)25-4-24-12/h4-7,10-11,16,33-34H,1-3H2,(H,37,43)(H,24,25,35)(H3,23,27,28,36)/t6-,7-,10-,11-,16-,18+,42?/m1/s1. The normalized spacial score (nSPS) is 30.3. The van der Waals surface area contributed by atoms with Crippen LogP contribution in [0.2, 0.25) is 0 Å². The van der Waals surface area contributed by atoms with E-state index in [2.05, 4.69) is 47.5 Å². The lowest BCUT2D eigenvalue weighted by molar-refractivity contribution is -0.142. The number of thiol groups is 1. The van der Waals surface area contributed by atoms with Gasteiger partial charge < -0.3 is 30.4 Å². The van der Waals surface area contributed by atoms with Crippen LogP contribution in [0.3, 0.4) is 0 Å². The van der Waals surface area contributed by atoms with Gasteiger partial charge in [0.05, 0.1) is 32.5 Å². The molecule has 2 aliphatic heterocycles. The molecular weight excluding hydrogens is 632 g/mol. The van der Waals surface area contributed by atoms with Gasteiger partial charge in [-0.25, -0.2) is 18.9 Å². The number of aliphatic hydroxyl groups excluding tert-OH is 2. The Hall–Kier alpha value is -3.44. The molecule has 2 fully saturated rings. The number of H-pyrrole nitrogens is 2. The molecule has 4 aromatic heterocycles. The molecule has 43 heavy (non-hydrogen) atoms. The summed E-state index contributed by atoms with van der Waals surface area (Å²) in [5.41, 5.74) is 0.215. The van der Waals surface area contributed by atoms with E-state index in [1.54, 1.807) is 0 Å². The molecule has 0 spiro atoms. The molecule has 0 bridgehead atoms. The fraction of sp³-hybridized carbons (Fsp3) is 0.526. The molecule has 2 aliphatic rings. The number of aliphatic hydroxyl groups is 2. The summed E-state index contributed by atoms with van der Waals surface area (Å²) in [4.78, 5) is 40.1. The largest absolute Gasteiger partial charge is 0.394 e. The maximum absolute atomic E-state index is 15.8. The molecule has 0 aliphatic carbocycles. The van der Waals surface area contributed by atoms with Gasteiger partial charge in [-0.2, -0.15) is 18.4 Å². The Morgan fingerprint density at radius 3 is 2.72 bits per heavy atom. The van der Waals surface area contributed by atoms with Gasteiger partial charge in [-0.05, 0) is 0 Å². The molecule has 232 valence electrons. The van der Waals surface area contributed by atoms with Crippen LogP contribution in [-0.2, 0) is 28.8 Å². The number of alkyl halides is 3. The summed E-state index contributed by atoms with van der Waals surface area (Å²) in [7, 11) is 0. The second-order valence-corrected chi connectivity index (χ2v) is 12.3. The molecule has 6 heterocycles. The van der Waals surface area contributed by atoms with Crippen molar-refractivity contribution in [1.29, 1.82) is 0 Å². The van der Waals surface area contributed by atoms with Crippen LogP contribution in [0, 0.1) is 0 Å². The van der Waals surface area contributed by atoms with E-state index in [1.807, 2.05) is 0 Å². The van der Waals surface area contributed by atoms with Crippen molar-refractivity contribution >= 4 is 47.3 Å². The zero-order chi connectivity index (χ0) is 30.9. The zero-order valence-electron chi connectivity index (χ0n) is 21.2. The van der Waals surface area contributed by atoms with Crippen LogP contribution >= 0.6 is 19.0 Å². The molecular formula is C19H20F3N10O9PS. The van der Waals surface area contributed by atoms with Crippen LogP contribution in [0.25, 0.3) is 22.3 Å². The second-order valence-electron chi connectivity index (χ2n) is 9.46.